The molecule has 284 valence electrons. The molecule has 53 heavy (non-hydrogen) atoms. The van der Waals surface area contributed by atoms with E-state index in [1.807, 2.05) is 52.0 Å². The Hall–Kier alpha value is -4.90. The molecule has 0 saturated carbocycles. The summed E-state index contributed by atoms with van der Waals surface area (Å²) in [7, 11) is 0. The molecule has 0 spiro atoms. The molecule has 3 aromatic rings. The quantitative estimate of drug-likeness (QED) is 0.0714. The number of aliphatic hydroxyl groups excluding tert-OH is 2. The van der Waals surface area contributed by atoms with E-state index in [4.69, 9.17) is 0 Å². The standard InChI is InChI=1S/C40H52FN7O5/c1-27-19-33(50)25-48(27)38(52)37(40(2,3)4)47-36(51)13-8-6-5-7-9-17-42-23-29-12-10-11-28(20-29)14-15-31-21-32(16-18-43-31)45-39(53)46-34-22-35(41)44-24-30(34)26-49/h10-12,16,18,20-22,24,27,33,37,42,49-50H,5-9,13,17,19,23,25-26H2,1-4H3,(H,47,51)(H2,43,44,45,46,53)/t27-,33-,37-/m1/s1. The van der Waals surface area contributed by atoms with E-state index in [1.165, 1.54) is 6.20 Å². The van der Waals surface area contributed by atoms with Gasteiger partial charge in [-0.1, -0.05) is 58.1 Å². The largest absolute Gasteiger partial charge is 0.392 e. The number of nitrogens with zero attached hydrogens (tertiary/aromatic N) is 3. The number of aromatic nitrogens is 2. The highest BCUT2D eigenvalue weighted by Gasteiger charge is 2.40. The number of hydrogen-bond donors (Lipinski definition) is 6. The Kier molecular flexibility index (Phi) is 15.3. The molecule has 0 radical (unpaired) electrons. The normalized spacial score (nSPS) is 16.0. The number of halogens is 1. The van der Waals surface area contributed by atoms with Gasteiger partial charge >= 0.3 is 6.03 Å². The number of unbranched alkanes of at least 4 members (excludes halogenated alkanes) is 4. The van der Waals surface area contributed by atoms with E-state index in [1.54, 1.807) is 17.0 Å². The summed E-state index contributed by atoms with van der Waals surface area (Å²) >= 11 is 0. The Morgan fingerprint density at radius 3 is 2.53 bits per heavy atom. The second-order valence-electron chi connectivity index (χ2n) is 14.6. The minimum absolute atomic E-state index is 0.0426. The van der Waals surface area contributed by atoms with Crippen molar-refractivity contribution in [2.75, 3.05) is 23.7 Å². The molecule has 1 fully saturated rings. The summed E-state index contributed by atoms with van der Waals surface area (Å²) in [6.07, 6.45) is 7.91. The number of hydrogen-bond acceptors (Lipinski definition) is 8. The third kappa shape index (κ3) is 13.2. The predicted molar refractivity (Wildman–Crippen MR) is 202 cm³/mol. The van der Waals surface area contributed by atoms with Crippen molar-refractivity contribution in [3.05, 3.63) is 83.2 Å². The molecular formula is C40H52FN7O5. The van der Waals surface area contributed by atoms with Gasteiger partial charge in [-0.2, -0.15) is 4.39 Å². The van der Waals surface area contributed by atoms with Crippen LogP contribution >= 0.6 is 0 Å². The number of likely N-dealkylation sites (tertiary alicyclic amines) is 1. The number of β-amino-alcohol motifs (C(OH)–C–C–N with tert-alkyl or cyclic N) is 1. The van der Waals surface area contributed by atoms with Gasteiger partial charge in [-0.05, 0) is 73.9 Å². The van der Waals surface area contributed by atoms with Crippen molar-refractivity contribution in [3.8, 4) is 11.8 Å². The summed E-state index contributed by atoms with van der Waals surface area (Å²) in [5, 5.41) is 31.0. The SMILES string of the molecule is C[C@@H]1C[C@@H](O)CN1C(=O)[C@@H](NC(=O)CCCCCCCNCc1cccc(C#Cc2cc(NC(=O)Nc3cc(F)ncc3CO)ccn2)c1)C(C)(C)C. The van der Waals surface area contributed by atoms with Gasteiger partial charge in [0.2, 0.25) is 17.8 Å². The highest BCUT2D eigenvalue weighted by Crippen LogP contribution is 2.26. The molecule has 0 bridgehead atoms. The van der Waals surface area contributed by atoms with Crippen LogP contribution in [-0.4, -0.2) is 74.2 Å². The lowest BCUT2D eigenvalue weighted by Gasteiger charge is -2.35. The van der Waals surface area contributed by atoms with Gasteiger partial charge < -0.3 is 36.4 Å². The molecule has 3 atom stereocenters. The number of amides is 4. The summed E-state index contributed by atoms with van der Waals surface area (Å²) < 4.78 is 13.5. The van der Waals surface area contributed by atoms with E-state index in [0.29, 0.717) is 37.3 Å². The van der Waals surface area contributed by atoms with Crippen LogP contribution in [0.4, 0.5) is 20.6 Å². The van der Waals surface area contributed by atoms with Gasteiger partial charge in [-0.25, -0.2) is 14.8 Å². The van der Waals surface area contributed by atoms with E-state index in [0.717, 1.165) is 62.0 Å². The zero-order valence-electron chi connectivity index (χ0n) is 31.0. The van der Waals surface area contributed by atoms with Gasteiger partial charge in [0.15, 0.2) is 0 Å². The Balaban J connectivity index is 1.13. The van der Waals surface area contributed by atoms with Gasteiger partial charge in [-0.3, -0.25) is 9.59 Å². The summed E-state index contributed by atoms with van der Waals surface area (Å²) in [4.78, 5) is 47.9. The van der Waals surface area contributed by atoms with Gasteiger partial charge in [-0.15, -0.1) is 0 Å². The van der Waals surface area contributed by atoms with Crippen molar-refractivity contribution in [1.82, 2.24) is 25.5 Å². The minimum Gasteiger partial charge on any atom is -0.392 e. The van der Waals surface area contributed by atoms with Gasteiger partial charge in [0, 0.05) is 60.8 Å². The molecule has 1 aliphatic rings. The van der Waals surface area contributed by atoms with Crippen molar-refractivity contribution in [2.45, 2.75) is 104 Å². The Labute approximate surface area is 311 Å². The number of carbonyl (C=O) groups excluding carboxylic acids is 3. The van der Waals surface area contributed by atoms with Crippen molar-refractivity contribution >= 4 is 29.2 Å². The maximum Gasteiger partial charge on any atom is 0.323 e. The van der Waals surface area contributed by atoms with Crippen LogP contribution in [0, 0.1) is 23.2 Å². The number of pyridine rings is 2. The molecule has 12 nitrogen and oxygen atoms in total. The topological polar surface area (TPSA) is 169 Å². The summed E-state index contributed by atoms with van der Waals surface area (Å²) in [6.45, 7) is 9.25. The van der Waals surface area contributed by atoms with Gasteiger partial charge in [0.1, 0.15) is 11.7 Å². The first kappa shape index (κ1) is 40.9. The lowest BCUT2D eigenvalue weighted by Crippen LogP contribution is -2.55. The monoisotopic (exact) mass is 729 g/mol. The van der Waals surface area contributed by atoms with Crippen LogP contribution in [0.5, 0.6) is 0 Å². The van der Waals surface area contributed by atoms with Crippen molar-refractivity contribution in [3.63, 3.8) is 0 Å². The number of anilines is 2. The molecule has 0 unspecified atom stereocenters. The van der Waals surface area contributed by atoms with Gasteiger partial charge in [0.05, 0.1) is 18.4 Å². The molecule has 1 aromatic carbocycles. The summed E-state index contributed by atoms with van der Waals surface area (Å²) in [5.41, 5.74) is 2.78. The van der Waals surface area contributed by atoms with Crippen molar-refractivity contribution in [1.29, 1.82) is 0 Å². The second-order valence-corrected chi connectivity index (χ2v) is 14.6. The highest BCUT2D eigenvalue weighted by molar-refractivity contribution is 6.00. The number of rotatable bonds is 15. The smallest absolute Gasteiger partial charge is 0.323 e. The van der Waals surface area contributed by atoms with E-state index in [-0.39, 0.29) is 29.1 Å². The maximum atomic E-state index is 13.5. The third-order valence-electron chi connectivity index (χ3n) is 8.99. The first-order valence-corrected chi connectivity index (χ1v) is 18.2. The fraction of sp³-hybridized carbons (Fsp3) is 0.475. The molecule has 6 N–H and O–H groups in total. The van der Waals surface area contributed by atoms with Crippen LogP contribution in [-0.2, 0) is 22.7 Å². The number of carbonyl (C=O) groups is 3. The zero-order valence-corrected chi connectivity index (χ0v) is 31.0. The minimum atomic E-state index is -0.778. The predicted octanol–water partition coefficient (Wildman–Crippen LogP) is 5.09. The third-order valence-corrected chi connectivity index (χ3v) is 8.99. The van der Waals surface area contributed by atoms with E-state index < -0.39 is 36.1 Å². The van der Waals surface area contributed by atoms with Crippen LogP contribution in [0.1, 0.15) is 95.0 Å². The van der Waals surface area contributed by atoms with Crippen molar-refractivity contribution < 1.29 is 29.0 Å². The number of benzene rings is 1. The molecule has 0 aliphatic carbocycles. The fourth-order valence-corrected chi connectivity index (χ4v) is 6.11. The molecule has 4 rings (SSSR count). The highest BCUT2D eigenvalue weighted by atomic mass is 19.1. The Morgan fingerprint density at radius 2 is 1.79 bits per heavy atom. The van der Waals surface area contributed by atoms with Crippen LogP contribution in [0.25, 0.3) is 0 Å². The molecule has 4 amide bonds. The van der Waals surface area contributed by atoms with Crippen molar-refractivity contribution in [2.24, 2.45) is 5.41 Å². The molecular weight excluding hydrogens is 677 g/mol. The number of nitrogens with one attached hydrogen (secondary N) is 4. The first-order valence-electron chi connectivity index (χ1n) is 18.2. The Bertz CT molecular complexity index is 1770. The van der Waals surface area contributed by atoms with Gasteiger partial charge in [0.25, 0.3) is 0 Å². The molecule has 1 aliphatic heterocycles. The van der Waals surface area contributed by atoms with Crippen LogP contribution in [0.2, 0.25) is 0 Å². The number of aliphatic hydroxyl groups is 2. The number of urea groups is 1. The van der Waals surface area contributed by atoms with E-state index in [2.05, 4.69) is 43.1 Å². The maximum absolute atomic E-state index is 13.5. The van der Waals surface area contributed by atoms with E-state index in [9.17, 15) is 29.0 Å². The average Bonchev–Trinajstić information content (AvgIpc) is 3.45. The summed E-state index contributed by atoms with van der Waals surface area (Å²) in [5.74, 6) is 5.13. The van der Waals surface area contributed by atoms with Crippen LogP contribution < -0.4 is 21.3 Å². The molecule has 3 heterocycles. The fourth-order valence-electron chi connectivity index (χ4n) is 6.11. The summed E-state index contributed by atoms with van der Waals surface area (Å²) in [6, 6.07) is 10.9. The lowest BCUT2D eigenvalue weighted by molar-refractivity contribution is -0.140. The zero-order chi connectivity index (χ0) is 38.4. The molecule has 13 heteroatoms. The molecule has 2 aromatic heterocycles. The van der Waals surface area contributed by atoms with Crippen LogP contribution in [0.3, 0.4) is 0 Å². The second kappa shape index (κ2) is 19.8. The van der Waals surface area contributed by atoms with Crippen LogP contribution in [0.15, 0.2) is 54.9 Å². The Morgan fingerprint density at radius 1 is 1.02 bits per heavy atom. The first-order chi connectivity index (χ1) is 25.3. The molecule has 1 saturated heterocycles. The lowest BCUT2D eigenvalue weighted by atomic mass is 9.85. The average molecular weight is 730 g/mol. The van der Waals surface area contributed by atoms with E-state index >= 15 is 0 Å².